The van der Waals surface area contributed by atoms with Crippen LogP contribution >= 0.6 is 0 Å². The standard InChI is InChI=1S/C17H26N6O2/c1-3-25-10-6-16(24)23-8-4-5-14(11-23)17-20-19-15(21(17)2)12-22-9-7-18-13-22/h7,9,13-14H,3-6,8,10-12H2,1-2H3. The molecule has 1 saturated heterocycles. The first-order chi connectivity index (χ1) is 12.2. The van der Waals surface area contributed by atoms with E-state index in [9.17, 15) is 4.79 Å². The largest absolute Gasteiger partial charge is 0.381 e. The molecule has 1 aliphatic rings. The Morgan fingerprint density at radius 2 is 2.28 bits per heavy atom. The van der Waals surface area contributed by atoms with Crippen molar-refractivity contribution in [3.05, 3.63) is 30.4 Å². The summed E-state index contributed by atoms with van der Waals surface area (Å²) in [5.41, 5.74) is 0. The smallest absolute Gasteiger partial charge is 0.224 e. The van der Waals surface area contributed by atoms with Crippen molar-refractivity contribution in [2.75, 3.05) is 26.3 Å². The number of nitrogens with zero attached hydrogens (tertiary/aromatic N) is 6. The Labute approximate surface area is 147 Å². The number of likely N-dealkylation sites (tertiary alicyclic amines) is 1. The van der Waals surface area contributed by atoms with Gasteiger partial charge in [-0.2, -0.15) is 0 Å². The van der Waals surface area contributed by atoms with Crippen LogP contribution in [0.5, 0.6) is 0 Å². The van der Waals surface area contributed by atoms with Crippen molar-refractivity contribution < 1.29 is 9.53 Å². The molecule has 0 aromatic carbocycles. The maximum atomic E-state index is 12.3. The van der Waals surface area contributed by atoms with Crippen LogP contribution in [0.3, 0.4) is 0 Å². The molecule has 0 radical (unpaired) electrons. The van der Waals surface area contributed by atoms with Crippen LogP contribution in [0, 0.1) is 0 Å². The van der Waals surface area contributed by atoms with Crippen LogP contribution in [-0.4, -0.2) is 61.4 Å². The molecule has 3 rings (SSSR count). The van der Waals surface area contributed by atoms with E-state index in [0.29, 0.717) is 32.7 Å². The molecule has 1 aliphatic heterocycles. The normalized spacial score (nSPS) is 17.8. The van der Waals surface area contributed by atoms with Gasteiger partial charge in [-0.15, -0.1) is 10.2 Å². The number of carbonyl (C=O) groups is 1. The number of amides is 1. The molecule has 1 unspecified atom stereocenters. The summed E-state index contributed by atoms with van der Waals surface area (Å²) in [5, 5.41) is 8.74. The third-order valence-electron chi connectivity index (χ3n) is 4.69. The van der Waals surface area contributed by atoms with Gasteiger partial charge in [0.05, 0.1) is 25.9 Å². The Kier molecular flexibility index (Phi) is 5.80. The van der Waals surface area contributed by atoms with Crippen LogP contribution in [0.25, 0.3) is 0 Å². The molecule has 3 heterocycles. The number of hydrogen-bond donors (Lipinski definition) is 0. The zero-order valence-electron chi connectivity index (χ0n) is 15.0. The lowest BCUT2D eigenvalue weighted by molar-refractivity contribution is -0.133. The Morgan fingerprint density at radius 3 is 3.04 bits per heavy atom. The van der Waals surface area contributed by atoms with Crippen LogP contribution in [-0.2, 0) is 23.1 Å². The van der Waals surface area contributed by atoms with E-state index in [2.05, 4.69) is 19.7 Å². The van der Waals surface area contributed by atoms with Gasteiger partial charge in [0.1, 0.15) is 5.82 Å². The first-order valence-electron chi connectivity index (χ1n) is 8.88. The van der Waals surface area contributed by atoms with E-state index in [4.69, 9.17) is 4.74 Å². The van der Waals surface area contributed by atoms with Crippen molar-refractivity contribution in [2.24, 2.45) is 7.05 Å². The molecule has 0 bridgehead atoms. The van der Waals surface area contributed by atoms with E-state index in [1.807, 2.05) is 29.6 Å². The summed E-state index contributed by atoms with van der Waals surface area (Å²) < 4.78 is 9.32. The highest BCUT2D eigenvalue weighted by Crippen LogP contribution is 2.26. The SMILES string of the molecule is CCOCCC(=O)N1CCCC(c2nnc(Cn3ccnc3)n2C)C1. The van der Waals surface area contributed by atoms with Gasteiger partial charge in [0.2, 0.25) is 5.91 Å². The lowest BCUT2D eigenvalue weighted by Crippen LogP contribution is -2.40. The second-order valence-electron chi connectivity index (χ2n) is 6.39. The Morgan fingerprint density at radius 1 is 1.40 bits per heavy atom. The van der Waals surface area contributed by atoms with Gasteiger partial charge in [-0.25, -0.2) is 4.98 Å². The molecule has 0 spiro atoms. The zero-order chi connectivity index (χ0) is 17.6. The minimum Gasteiger partial charge on any atom is -0.381 e. The molecule has 136 valence electrons. The van der Waals surface area contributed by atoms with Crippen LogP contribution in [0.15, 0.2) is 18.7 Å². The predicted octanol–water partition coefficient (Wildman–Crippen LogP) is 1.19. The van der Waals surface area contributed by atoms with Gasteiger partial charge in [0, 0.05) is 45.1 Å². The van der Waals surface area contributed by atoms with E-state index in [0.717, 1.165) is 31.0 Å². The van der Waals surface area contributed by atoms with E-state index < -0.39 is 0 Å². The summed E-state index contributed by atoms with van der Waals surface area (Å²) in [6, 6.07) is 0. The summed E-state index contributed by atoms with van der Waals surface area (Å²) >= 11 is 0. The van der Waals surface area contributed by atoms with Crippen LogP contribution in [0.2, 0.25) is 0 Å². The highest BCUT2D eigenvalue weighted by molar-refractivity contribution is 5.76. The lowest BCUT2D eigenvalue weighted by Gasteiger charge is -2.32. The molecular formula is C17H26N6O2. The molecule has 8 heteroatoms. The minimum atomic E-state index is 0.166. The molecule has 2 aromatic heterocycles. The fourth-order valence-electron chi connectivity index (χ4n) is 3.29. The summed E-state index contributed by atoms with van der Waals surface area (Å²) in [6.45, 7) is 5.26. The van der Waals surface area contributed by atoms with E-state index >= 15 is 0 Å². The molecular weight excluding hydrogens is 320 g/mol. The van der Waals surface area contributed by atoms with Crippen LogP contribution < -0.4 is 0 Å². The number of imidazole rings is 1. The third-order valence-corrected chi connectivity index (χ3v) is 4.69. The molecule has 1 fully saturated rings. The Bertz CT molecular complexity index is 681. The van der Waals surface area contributed by atoms with Gasteiger partial charge in [0.25, 0.3) is 0 Å². The average molecular weight is 346 g/mol. The Balaban J connectivity index is 1.63. The Hall–Kier alpha value is -2.22. The predicted molar refractivity (Wildman–Crippen MR) is 92.0 cm³/mol. The number of aromatic nitrogens is 5. The molecule has 8 nitrogen and oxygen atoms in total. The van der Waals surface area contributed by atoms with Gasteiger partial charge in [-0.1, -0.05) is 0 Å². The minimum absolute atomic E-state index is 0.166. The van der Waals surface area contributed by atoms with Crippen molar-refractivity contribution in [3.8, 4) is 0 Å². The van der Waals surface area contributed by atoms with Crippen LogP contribution in [0.1, 0.15) is 43.8 Å². The van der Waals surface area contributed by atoms with Crippen molar-refractivity contribution in [1.82, 2.24) is 29.2 Å². The summed E-state index contributed by atoms with van der Waals surface area (Å²) in [5.74, 6) is 2.25. The highest BCUT2D eigenvalue weighted by Gasteiger charge is 2.28. The number of piperidine rings is 1. The van der Waals surface area contributed by atoms with Gasteiger partial charge >= 0.3 is 0 Å². The maximum absolute atomic E-state index is 12.3. The van der Waals surface area contributed by atoms with E-state index in [1.54, 1.807) is 12.5 Å². The van der Waals surface area contributed by atoms with Gasteiger partial charge < -0.3 is 18.8 Å². The summed E-state index contributed by atoms with van der Waals surface area (Å²) in [7, 11) is 2.00. The molecule has 0 saturated carbocycles. The monoisotopic (exact) mass is 346 g/mol. The van der Waals surface area contributed by atoms with Crippen molar-refractivity contribution in [2.45, 2.75) is 38.6 Å². The summed E-state index contributed by atoms with van der Waals surface area (Å²) in [6.07, 6.45) is 7.91. The molecule has 1 amide bonds. The average Bonchev–Trinajstić information content (AvgIpc) is 3.26. The first kappa shape index (κ1) is 17.6. The second-order valence-corrected chi connectivity index (χ2v) is 6.39. The number of ether oxygens (including phenoxy) is 1. The molecule has 1 atom stereocenters. The van der Waals surface area contributed by atoms with Crippen LogP contribution in [0.4, 0.5) is 0 Å². The van der Waals surface area contributed by atoms with Crippen molar-refractivity contribution >= 4 is 5.91 Å². The van der Waals surface area contributed by atoms with Gasteiger partial charge in [-0.3, -0.25) is 4.79 Å². The maximum Gasteiger partial charge on any atom is 0.224 e. The van der Waals surface area contributed by atoms with E-state index in [-0.39, 0.29) is 11.8 Å². The highest BCUT2D eigenvalue weighted by atomic mass is 16.5. The van der Waals surface area contributed by atoms with E-state index in [1.165, 1.54) is 0 Å². The third kappa shape index (κ3) is 4.25. The number of carbonyl (C=O) groups excluding carboxylic acids is 1. The topological polar surface area (TPSA) is 78.1 Å². The zero-order valence-corrected chi connectivity index (χ0v) is 15.0. The number of rotatable bonds is 7. The van der Waals surface area contributed by atoms with Gasteiger partial charge in [-0.05, 0) is 19.8 Å². The molecule has 0 aliphatic carbocycles. The quantitative estimate of drug-likeness (QED) is 0.704. The molecule has 0 N–H and O–H groups in total. The lowest BCUT2D eigenvalue weighted by atomic mass is 9.97. The molecule has 25 heavy (non-hydrogen) atoms. The number of hydrogen-bond acceptors (Lipinski definition) is 5. The first-order valence-corrected chi connectivity index (χ1v) is 8.88. The summed E-state index contributed by atoms with van der Waals surface area (Å²) in [4.78, 5) is 18.3. The van der Waals surface area contributed by atoms with Crippen molar-refractivity contribution in [1.29, 1.82) is 0 Å². The van der Waals surface area contributed by atoms with Crippen molar-refractivity contribution in [3.63, 3.8) is 0 Å². The molecule has 2 aromatic rings. The fraction of sp³-hybridized carbons (Fsp3) is 0.647. The second kappa shape index (κ2) is 8.24. The van der Waals surface area contributed by atoms with Gasteiger partial charge in [0.15, 0.2) is 5.82 Å². The fourth-order valence-corrected chi connectivity index (χ4v) is 3.29.